The number of anilines is 1. The molecule has 0 aliphatic heterocycles. The summed E-state index contributed by atoms with van der Waals surface area (Å²) in [7, 11) is 3.57. The fourth-order valence-corrected chi connectivity index (χ4v) is 3.20. The lowest BCUT2D eigenvalue weighted by molar-refractivity contribution is -0.117. The molecule has 4 nitrogen and oxygen atoms in total. The Morgan fingerprint density at radius 3 is 2.44 bits per heavy atom. The van der Waals surface area contributed by atoms with E-state index in [0.717, 1.165) is 22.4 Å². The van der Waals surface area contributed by atoms with Crippen LogP contribution in [0.5, 0.6) is 5.75 Å². The van der Waals surface area contributed by atoms with Gasteiger partial charge in [-0.25, -0.2) is 0 Å². The van der Waals surface area contributed by atoms with Gasteiger partial charge in [0.1, 0.15) is 5.75 Å². The molecule has 0 aliphatic rings. The summed E-state index contributed by atoms with van der Waals surface area (Å²) in [4.78, 5) is 14.2. The first-order valence-corrected chi connectivity index (χ1v) is 8.64. The van der Waals surface area contributed by atoms with E-state index >= 15 is 0 Å². The van der Waals surface area contributed by atoms with Crippen LogP contribution in [0.25, 0.3) is 0 Å². The molecule has 0 atom stereocenters. The molecule has 0 bridgehead atoms. The van der Waals surface area contributed by atoms with Gasteiger partial charge in [-0.3, -0.25) is 9.69 Å². The molecule has 6 heteroatoms. The quantitative estimate of drug-likeness (QED) is 0.789. The summed E-state index contributed by atoms with van der Waals surface area (Å²) in [5, 5.41) is 3.55. The van der Waals surface area contributed by atoms with Crippen LogP contribution in [0, 0.1) is 13.8 Å². The predicted octanol–water partition coefficient (Wildman–Crippen LogP) is 4.69. The van der Waals surface area contributed by atoms with E-state index in [9.17, 15) is 4.79 Å². The molecule has 0 radical (unpaired) electrons. The predicted molar refractivity (Wildman–Crippen MR) is 104 cm³/mol. The number of aryl methyl sites for hydroxylation is 2. The first-order chi connectivity index (χ1) is 11.8. The van der Waals surface area contributed by atoms with Gasteiger partial charge in [-0.2, -0.15) is 0 Å². The van der Waals surface area contributed by atoms with Gasteiger partial charge in [-0.05, 0) is 49.7 Å². The molecule has 0 saturated carbocycles. The third-order valence-corrected chi connectivity index (χ3v) is 4.63. The molecule has 1 N–H and O–H groups in total. The SMILES string of the molecule is COc1c(C)cc(CN(C)CC(=O)Nc2cccc(Cl)c2Cl)cc1C. The van der Waals surface area contributed by atoms with E-state index in [4.69, 9.17) is 27.9 Å². The number of likely N-dealkylation sites (N-methyl/N-ethyl adjacent to an activating group) is 1. The average Bonchev–Trinajstić information content (AvgIpc) is 2.51. The smallest absolute Gasteiger partial charge is 0.238 e. The first kappa shape index (κ1) is 19.6. The second-order valence-electron chi connectivity index (χ2n) is 6.08. The summed E-state index contributed by atoms with van der Waals surface area (Å²) < 4.78 is 5.39. The Labute approximate surface area is 158 Å². The topological polar surface area (TPSA) is 41.6 Å². The first-order valence-electron chi connectivity index (χ1n) is 7.88. The van der Waals surface area contributed by atoms with E-state index < -0.39 is 0 Å². The van der Waals surface area contributed by atoms with Crippen LogP contribution >= 0.6 is 23.2 Å². The zero-order chi connectivity index (χ0) is 18.6. The Balaban J connectivity index is 1.99. The third-order valence-electron chi connectivity index (χ3n) is 3.82. The van der Waals surface area contributed by atoms with Gasteiger partial charge in [-0.1, -0.05) is 41.4 Å². The molecule has 0 heterocycles. The number of hydrogen-bond acceptors (Lipinski definition) is 3. The lowest BCUT2D eigenvalue weighted by Gasteiger charge is -2.18. The van der Waals surface area contributed by atoms with Crippen LogP contribution < -0.4 is 10.1 Å². The van der Waals surface area contributed by atoms with Crippen molar-refractivity contribution in [2.75, 3.05) is 26.0 Å². The fourth-order valence-electron chi connectivity index (χ4n) is 2.86. The fraction of sp³-hybridized carbons (Fsp3) is 0.316. The molecule has 0 unspecified atom stereocenters. The molecular weight excluding hydrogens is 359 g/mol. The summed E-state index contributed by atoms with van der Waals surface area (Å²) in [5.41, 5.74) is 3.82. The molecular formula is C19H22Cl2N2O2. The minimum absolute atomic E-state index is 0.145. The Kier molecular flexibility index (Phi) is 6.71. The average molecular weight is 381 g/mol. The van der Waals surface area contributed by atoms with Crippen molar-refractivity contribution in [1.82, 2.24) is 4.90 Å². The highest BCUT2D eigenvalue weighted by Crippen LogP contribution is 2.29. The van der Waals surface area contributed by atoms with E-state index in [1.54, 1.807) is 25.3 Å². The van der Waals surface area contributed by atoms with Crippen molar-refractivity contribution in [1.29, 1.82) is 0 Å². The summed E-state index contributed by atoms with van der Waals surface area (Å²) in [6.45, 7) is 4.93. The number of ether oxygens (including phenoxy) is 1. The van der Waals surface area contributed by atoms with E-state index in [2.05, 4.69) is 17.4 Å². The third kappa shape index (κ3) is 5.11. The summed E-state index contributed by atoms with van der Waals surface area (Å²) in [6.07, 6.45) is 0. The van der Waals surface area contributed by atoms with Gasteiger partial charge in [0.25, 0.3) is 0 Å². The maximum atomic E-state index is 12.2. The van der Waals surface area contributed by atoms with Gasteiger partial charge in [0, 0.05) is 6.54 Å². The van der Waals surface area contributed by atoms with E-state index in [-0.39, 0.29) is 12.5 Å². The van der Waals surface area contributed by atoms with Crippen LogP contribution in [0.3, 0.4) is 0 Å². The molecule has 0 saturated heterocycles. The minimum atomic E-state index is -0.145. The number of methoxy groups -OCH3 is 1. The van der Waals surface area contributed by atoms with E-state index in [0.29, 0.717) is 22.3 Å². The van der Waals surface area contributed by atoms with Crippen LogP contribution in [0.2, 0.25) is 10.0 Å². The van der Waals surface area contributed by atoms with Gasteiger partial charge in [0.15, 0.2) is 0 Å². The highest BCUT2D eigenvalue weighted by molar-refractivity contribution is 6.43. The summed E-state index contributed by atoms with van der Waals surface area (Å²) in [5.74, 6) is 0.758. The highest BCUT2D eigenvalue weighted by Gasteiger charge is 2.12. The Hall–Kier alpha value is -1.75. The number of amides is 1. The van der Waals surface area contributed by atoms with E-state index in [1.807, 2.05) is 25.8 Å². The zero-order valence-electron chi connectivity index (χ0n) is 14.8. The van der Waals surface area contributed by atoms with Crippen LogP contribution in [0.1, 0.15) is 16.7 Å². The number of halogens is 2. The van der Waals surface area contributed by atoms with Crippen molar-refractivity contribution < 1.29 is 9.53 Å². The maximum Gasteiger partial charge on any atom is 0.238 e. The monoisotopic (exact) mass is 380 g/mol. The van der Waals surface area contributed by atoms with Crippen molar-refractivity contribution in [3.63, 3.8) is 0 Å². The second-order valence-corrected chi connectivity index (χ2v) is 6.87. The van der Waals surface area contributed by atoms with Crippen molar-refractivity contribution in [3.05, 3.63) is 57.1 Å². The molecule has 0 aliphatic carbocycles. The second kappa shape index (κ2) is 8.56. The molecule has 134 valence electrons. The molecule has 0 spiro atoms. The molecule has 2 aromatic carbocycles. The number of benzene rings is 2. The minimum Gasteiger partial charge on any atom is -0.496 e. The Bertz CT molecular complexity index is 755. The number of hydrogen-bond donors (Lipinski definition) is 1. The number of nitrogens with zero attached hydrogens (tertiary/aromatic N) is 1. The number of rotatable bonds is 6. The zero-order valence-corrected chi connectivity index (χ0v) is 16.3. The van der Waals surface area contributed by atoms with Gasteiger partial charge in [0.05, 0.1) is 29.4 Å². The molecule has 0 fully saturated rings. The maximum absolute atomic E-state index is 12.2. The van der Waals surface area contributed by atoms with Crippen molar-refractivity contribution >= 4 is 34.8 Å². The lowest BCUT2D eigenvalue weighted by Crippen LogP contribution is -2.30. The van der Waals surface area contributed by atoms with Gasteiger partial charge >= 0.3 is 0 Å². The lowest BCUT2D eigenvalue weighted by atomic mass is 10.1. The van der Waals surface area contributed by atoms with Crippen molar-refractivity contribution in [2.24, 2.45) is 0 Å². The van der Waals surface area contributed by atoms with Gasteiger partial charge in [0.2, 0.25) is 5.91 Å². The standard InChI is InChI=1S/C19H22Cl2N2O2/c1-12-8-14(9-13(2)19(12)25-4)10-23(3)11-17(24)22-16-7-5-6-15(20)18(16)21/h5-9H,10-11H2,1-4H3,(H,22,24). The highest BCUT2D eigenvalue weighted by atomic mass is 35.5. The van der Waals surface area contributed by atoms with E-state index in [1.165, 1.54) is 0 Å². The van der Waals surface area contributed by atoms with Crippen LogP contribution in [0.15, 0.2) is 30.3 Å². The largest absolute Gasteiger partial charge is 0.496 e. The number of carbonyl (C=O) groups excluding carboxylic acids is 1. The summed E-state index contributed by atoms with van der Waals surface area (Å²) >= 11 is 12.1. The molecule has 2 rings (SSSR count). The Morgan fingerprint density at radius 2 is 1.84 bits per heavy atom. The normalized spacial score (nSPS) is 10.8. The van der Waals surface area contributed by atoms with Crippen molar-refractivity contribution in [2.45, 2.75) is 20.4 Å². The number of nitrogens with one attached hydrogen (secondary N) is 1. The molecule has 2 aromatic rings. The molecule has 1 amide bonds. The molecule has 0 aromatic heterocycles. The van der Waals surface area contributed by atoms with Crippen LogP contribution in [-0.2, 0) is 11.3 Å². The van der Waals surface area contributed by atoms with Gasteiger partial charge in [-0.15, -0.1) is 0 Å². The summed E-state index contributed by atoms with van der Waals surface area (Å²) in [6, 6.07) is 9.31. The number of carbonyl (C=O) groups is 1. The van der Waals surface area contributed by atoms with Gasteiger partial charge < -0.3 is 10.1 Å². The Morgan fingerprint density at radius 1 is 1.20 bits per heavy atom. The van der Waals surface area contributed by atoms with Crippen LogP contribution in [0.4, 0.5) is 5.69 Å². The van der Waals surface area contributed by atoms with Crippen molar-refractivity contribution in [3.8, 4) is 5.75 Å². The molecule has 25 heavy (non-hydrogen) atoms. The van der Waals surface area contributed by atoms with Crippen LogP contribution in [-0.4, -0.2) is 31.5 Å².